The SMILES string of the molecule is CC1(C)CC2(CCO1)NNC(=S)NN2. The van der Waals surface area contributed by atoms with E-state index in [0.29, 0.717) is 5.11 Å². The van der Waals surface area contributed by atoms with Crippen LogP contribution >= 0.6 is 12.2 Å². The van der Waals surface area contributed by atoms with E-state index in [4.69, 9.17) is 17.0 Å². The summed E-state index contributed by atoms with van der Waals surface area (Å²) in [4.78, 5) is 0. The Morgan fingerprint density at radius 3 is 2.50 bits per heavy atom. The Bertz CT molecular complexity index is 246. The zero-order chi connectivity index (χ0) is 10.2. The third-order valence-electron chi connectivity index (χ3n) is 2.58. The van der Waals surface area contributed by atoms with Gasteiger partial charge in [0.25, 0.3) is 0 Å². The highest BCUT2D eigenvalue weighted by Crippen LogP contribution is 2.29. The average molecular weight is 216 g/mol. The summed E-state index contributed by atoms with van der Waals surface area (Å²) in [5.74, 6) is 0. The number of nitrogens with one attached hydrogen (secondary N) is 4. The largest absolute Gasteiger partial charge is 0.375 e. The molecule has 0 saturated carbocycles. The second-order valence-corrected chi connectivity index (χ2v) is 4.85. The first kappa shape index (κ1) is 10.1. The molecule has 2 aliphatic rings. The fraction of sp³-hybridized carbons (Fsp3) is 0.875. The van der Waals surface area contributed by atoms with Crippen molar-refractivity contribution in [2.75, 3.05) is 6.61 Å². The number of ether oxygens (including phenoxy) is 1. The van der Waals surface area contributed by atoms with Crippen LogP contribution in [0.4, 0.5) is 0 Å². The predicted molar refractivity (Wildman–Crippen MR) is 57.1 cm³/mol. The lowest BCUT2D eigenvalue weighted by Crippen LogP contribution is -2.76. The summed E-state index contributed by atoms with van der Waals surface area (Å²) in [5, 5.41) is 0.569. The fourth-order valence-electron chi connectivity index (χ4n) is 2.00. The van der Waals surface area contributed by atoms with Crippen LogP contribution in [0.5, 0.6) is 0 Å². The molecular weight excluding hydrogens is 200 g/mol. The monoisotopic (exact) mass is 216 g/mol. The molecule has 0 aliphatic carbocycles. The molecule has 5 nitrogen and oxygen atoms in total. The molecule has 2 aliphatic heterocycles. The molecule has 2 saturated heterocycles. The lowest BCUT2D eigenvalue weighted by molar-refractivity contribution is -0.102. The van der Waals surface area contributed by atoms with Crippen LogP contribution in [-0.2, 0) is 4.74 Å². The molecule has 1 spiro atoms. The van der Waals surface area contributed by atoms with Gasteiger partial charge in [0.15, 0.2) is 5.11 Å². The Balaban J connectivity index is 2.05. The number of hydrogen-bond acceptors (Lipinski definition) is 4. The second-order valence-electron chi connectivity index (χ2n) is 4.45. The third-order valence-corrected chi connectivity index (χ3v) is 2.78. The van der Waals surface area contributed by atoms with Crippen LogP contribution in [-0.4, -0.2) is 23.0 Å². The molecule has 0 bridgehead atoms. The van der Waals surface area contributed by atoms with E-state index in [1.54, 1.807) is 0 Å². The summed E-state index contributed by atoms with van der Waals surface area (Å²) in [7, 11) is 0. The maximum absolute atomic E-state index is 5.65. The summed E-state index contributed by atoms with van der Waals surface area (Å²) in [6.07, 6.45) is 1.78. The predicted octanol–water partition coefficient (Wildman–Crippen LogP) is -0.241. The molecular formula is C8H16N4OS. The molecule has 80 valence electrons. The highest BCUT2D eigenvalue weighted by Gasteiger charge is 2.42. The van der Waals surface area contributed by atoms with Gasteiger partial charge in [-0.3, -0.25) is 10.9 Å². The number of rotatable bonds is 0. The third kappa shape index (κ3) is 1.98. The minimum atomic E-state index is -0.163. The molecule has 0 aromatic carbocycles. The Labute approximate surface area is 88.9 Å². The van der Waals surface area contributed by atoms with E-state index in [-0.39, 0.29) is 11.3 Å². The van der Waals surface area contributed by atoms with Gasteiger partial charge < -0.3 is 4.74 Å². The quantitative estimate of drug-likeness (QED) is 0.419. The van der Waals surface area contributed by atoms with Gasteiger partial charge in [0.2, 0.25) is 0 Å². The van der Waals surface area contributed by atoms with Crippen molar-refractivity contribution in [2.45, 2.75) is 38.0 Å². The Morgan fingerprint density at radius 1 is 1.29 bits per heavy atom. The number of hydrogen-bond donors (Lipinski definition) is 4. The summed E-state index contributed by atoms with van der Waals surface area (Å²) >= 11 is 4.94. The van der Waals surface area contributed by atoms with E-state index in [9.17, 15) is 0 Å². The summed E-state index contributed by atoms with van der Waals surface area (Å²) in [6.45, 7) is 4.91. The first-order chi connectivity index (χ1) is 6.52. The molecule has 4 N–H and O–H groups in total. The summed E-state index contributed by atoms with van der Waals surface area (Å²) < 4.78 is 5.65. The van der Waals surface area contributed by atoms with Crippen molar-refractivity contribution in [3.8, 4) is 0 Å². The fourth-order valence-corrected chi connectivity index (χ4v) is 2.10. The van der Waals surface area contributed by atoms with E-state index in [0.717, 1.165) is 19.4 Å². The van der Waals surface area contributed by atoms with E-state index in [2.05, 4.69) is 35.6 Å². The van der Waals surface area contributed by atoms with Gasteiger partial charge in [-0.1, -0.05) is 0 Å². The molecule has 2 fully saturated rings. The van der Waals surface area contributed by atoms with Crippen LogP contribution in [0.3, 0.4) is 0 Å². The van der Waals surface area contributed by atoms with Gasteiger partial charge in [-0.2, -0.15) is 0 Å². The van der Waals surface area contributed by atoms with E-state index in [1.165, 1.54) is 0 Å². The number of thiocarbonyl (C=S) groups is 1. The van der Waals surface area contributed by atoms with E-state index >= 15 is 0 Å². The van der Waals surface area contributed by atoms with Crippen LogP contribution in [0.1, 0.15) is 26.7 Å². The van der Waals surface area contributed by atoms with Gasteiger partial charge in [-0.25, -0.2) is 10.9 Å². The highest BCUT2D eigenvalue weighted by molar-refractivity contribution is 7.80. The van der Waals surface area contributed by atoms with Crippen molar-refractivity contribution < 1.29 is 4.74 Å². The van der Waals surface area contributed by atoms with Crippen molar-refractivity contribution >= 4 is 17.3 Å². The lowest BCUT2D eigenvalue weighted by atomic mass is 9.89. The van der Waals surface area contributed by atoms with Crippen molar-refractivity contribution in [3.05, 3.63) is 0 Å². The minimum absolute atomic E-state index is 0.111. The number of hydrazine groups is 2. The van der Waals surface area contributed by atoms with Crippen LogP contribution < -0.4 is 21.7 Å². The van der Waals surface area contributed by atoms with Gasteiger partial charge in [0.1, 0.15) is 5.66 Å². The van der Waals surface area contributed by atoms with Crippen LogP contribution in [0.2, 0.25) is 0 Å². The first-order valence-corrected chi connectivity index (χ1v) is 5.17. The van der Waals surface area contributed by atoms with E-state index in [1.807, 2.05) is 0 Å². The van der Waals surface area contributed by atoms with Gasteiger partial charge in [-0.05, 0) is 26.1 Å². The molecule has 0 aromatic heterocycles. The molecule has 6 heteroatoms. The van der Waals surface area contributed by atoms with Crippen molar-refractivity contribution in [1.82, 2.24) is 21.7 Å². The van der Waals surface area contributed by atoms with Crippen molar-refractivity contribution in [1.29, 1.82) is 0 Å². The van der Waals surface area contributed by atoms with Gasteiger partial charge in [-0.15, -0.1) is 0 Å². The first-order valence-electron chi connectivity index (χ1n) is 4.76. The zero-order valence-corrected chi connectivity index (χ0v) is 9.25. The standard InChI is InChI=1S/C8H16N4OS/c1-7(2)5-8(3-4-13-7)11-9-6(14)10-12-8/h11-12H,3-5H2,1-2H3,(H2,9,10,14). The van der Waals surface area contributed by atoms with Crippen molar-refractivity contribution in [2.24, 2.45) is 0 Å². The zero-order valence-electron chi connectivity index (χ0n) is 8.44. The van der Waals surface area contributed by atoms with Gasteiger partial charge >= 0.3 is 0 Å². The molecule has 0 amide bonds. The van der Waals surface area contributed by atoms with E-state index < -0.39 is 0 Å². The molecule has 14 heavy (non-hydrogen) atoms. The lowest BCUT2D eigenvalue weighted by Gasteiger charge is -2.48. The van der Waals surface area contributed by atoms with Crippen LogP contribution in [0.15, 0.2) is 0 Å². The normalized spacial score (nSPS) is 29.4. The molecule has 2 rings (SSSR count). The van der Waals surface area contributed by atoms with Crippen LogP contribution in [0, 0.1) is 0 Å². The summed E-state index contributed by atoms with van der Waals surface area (Å²) in [6, 6.07) is 0. The second kappa shape index (κ2) is 3.30. The smallest absolute Gasteiger partial charge is 0.195 e. The van der Waals surface area contributed by atoms with Crippen LogP contribution in [0.25, 0.3) is 0 Å². The topological polar surface area (TPSA) is 57.4 Å². The van der Waals surface area contributed by atoms with Crippen molar-refractivity contribution in [3.63, 3.8) is 0 Å². The molecule has 0 radical (unpaired) electrons. The highest BCUT2D eigenvalue weighted by atomic mass is 32.1. The maximum Gasteiger partial charge on any atom is 0.195 e. The maximum atomic E-state index is 5.65. The Hall–Kier alpha value is -0.430. The molecule has 0 atom stereocenters. The summed E-state index contributed by atoms with van der Waals surface area (Å²) in [5.41, 5.74) is 12.0. The molecule has 2 heterocycles. The van der Waals surface area contributed by atoms with Gasteiger partial charge in [0, 0.05) is 12.8 Å². The Kier molecular flexibility index (Phi) is 2.38. The molecule has 0 aromatic rings. The molecule has 0 unspecified atom stereocenters. The minimum Gasteiger partial charge on any atom is -0.375 e. The average Bonchev–Trinajstić information content (AvgIpc) is 2.09. The Morgan fingerprint density at radius 2 is 1.93 bits per heavy atom. The van der Waals surface area contributed by atoms with Gasteiger partial charge in [0.05, 0.1) is 12.2 Å².